The molecule has 0 saturated carbocycles. The molecule has 3 rings (SSSR count). The van der Waals surface area contributed by atoms with Crippen LogP contribution in [0.25, 0.3) is 0 Å². The second-order valence-electron chi connectivity index (χ2n) is 4.84. The van der Waals surface area contributed by atoms with Gasteiger partial charge in [0, 0.05) is 24.9 Å². The third kappa shape index (κ3) is 1.96. The van der Waals surface area contributed by atoms with Crippen molar-refractivity contribution in [1.82, 2.24) is 9.55 Å². The average Bonchev–Trinajstić information content (AvgIpc) is 2.86. The molecule has 18 heavy (non-hydrogen) atoms. The van der Waals surface area contributed by atoms with Crippen molar-refractivity contribution in [2.24, 2.45) is 0 Å². The van der Waals surface area contributed by atoms with Crippen molar-refractivity contribution in [3.63, 3.8) is 0 Å². The Balaban J connectivity index is 1.88. The van der Waals surface area contributed by atoms with Crippen LogP contribution in [0.2, 0.25) is 0 Å². The standard InChI is InChI=1S/C15H16N2O/c18-11-15-16-8-9-17(15)10-13-6-3-5-12-4-1-2-7-14(12)13/h1-2,4,7-9,11,13H,3,5-6,10H2. The molecule has 0 amide bonds. The highest BCUT2D eigenvalue weighted by Crippen LogP contribution is 2.32. The van der Waals surface area contributed by atoms with Crippen LogP contribution in [0.15, 0.2) is 36.7 Å². The summed E-state index contributed by atoms with van der Waals surface area (Å²) in [7, 11) is 0. The molecule has 0 N–H and O–H groups in total. The SMILES string of the molecule is O=Cc1nccn1CC1CCCc2ccccc21. The Bertz CT molecular complexity index is 559. The van der Waals surface area contributed by atoms with E-state index in [2.05, 4.69) is 29.2 Å². The van der Waals surface area contributed by atoms with Gasteiger partial charge in [0.05, 0.1) is 0 Å². The minimum absolute atomic E-state index is 0.503. The van der Waals surface area contributed by atoms with Gasteiger partial charge in [0.1, 0.15) is 0 Å². The number of hydrogen-bond acceptors (Lipinski definition) is 2. The van der Waals surface area contributed by atoms with E-state index in [1.807, 2.05) is 10.8 Å². The molecule has 3 nitrogen and oxygen atoms in total. The molecule has 1 aromatic heterocycles. The van der Waals surface area contributed by atoms with Crippen molar-refractivity contribution in [3.05, 3.63) is 53.6 Å². The van der Waals surface area contributed by atoms with Crippen molar-refractivity contribution >= 4 is 6.29 Å². The van der Waals surface area contributed by atoms with Crippen LogP contribution in [0, 0.1) is 0 Å². The quantitative estimate of drug-likeness (QED) is 0.773. The molecule has 0 aliphatic heterocycles. The highest BCUT2D eigenvalue weighted by Gasteiger charge is 2.20. The number of rotatable bonds is 3. The van der Waals surface area contributed by atoms with Gasteiger partial charge in [-0.15, -0.1) is 0 Å². The molecule has 2 aromatic rings. The van der Waals surface area contributed by atoms with Gasteiger partial charge in [-0.1, -0.05) is 24.3 Å². The van der Waals surface area contributed by atoms with Crippen LogP contribution in [0.3, 0.4) is 0 Å². The van der Waals surface area contributed by atoms with Crippen LogP contribution in [-0.4, -0.2) is 15.8 Å². The van der Waals surface area contributed by atoms with Gasteiger partial charge in [0.2, 0.25) is 0 Å². The van der Waals surface area contributed by atoms with Crippen LogP contribution in [-0.2, 0) is 13.0 Å². The van der Waals surface area contributed by atoms with Crippen LogP contribution in [0.1, 0.15) is 40.5 Å². The number of hydrogen-bond donors (Lipinski definition) is 0. The zero-order chi connectivity index (χ0) is 12.4. The van der Waals surface area contributed by atoms with Gasteiger partial charge in [0.25, 0.3) is 0 Å². The monoisotopic (exact) mass is 240 g/mol. The minimum Gasteiger partial charge on any atom is -0.328 e. The van der Waals surface area contributed by atoms with Crippen molar-refractivity contribution in [2.45, 2.75) is 31.7 Å². The molecule has 1 aliphatic rings. The summed E-state index contributed by atoms with van der Waals surface area (Å²) in [5.74, 6) is 1.03. The molecular formula is C15H16N2O. The molecule has 0 fully saturated rings. The lowest BCUT2D eigenvalue weighted by atomic mass is 9.83. The van der Waals surface area contributed by atoms with Crippen molar-refractivity contribution in [2.75, 3.05) is 0 Å². The largest absolute Gasteiger partial charge is 0.328 e. The number of benzene rings is 1. The van der Waals surface area contributed by atoms with Gasteiger partial charge in [-0.2, -0.15) is 0 Å². The predicted molar refractivity (Wildman–Crippen MR) is 69.7 cm³/mol. The van der Waals surface area contributed by atoms with Crippen molar-refractivity contribution in [3.8, 4) is 0 Å². The van der Waals surface area contributed by atoms with Crippen LogP contribution < -0.4 is 0 Å². The number of aromatic nitrogens is 2. The lowest BCUT2D eigenvalue weighted by Gasteiger charge is -2.26. The Morgan fingerprint density at radius 3 is 3.17 bits per heavy atom. The van der Waals surface area contributed by atoms with Gasteiger partial charge in [-0.3, -0.25) is 4.79 Å². The second-order valence-corrected chi connectivity index (χ2v) is 4.84. The minimum atomic E-state index is 0.503. The van der Waals surface area contributed by atoms with Gasteiger partial charge in [-0.05, 0) is 30.4 Å². The molecule has 3 heteroatoms. The van der Waals surface area contributed by atoms with Crippen LogP contribution >= 0.6 is 0 Å². The predicted octanol–water partition coefficient (Wildman–Crippen LogP) is 2.82. The molecule has 1 heterocycles. The summed E-state index contributed by atoms with van der Waals surface area (Å²) >= 11 is 0. The first kappa shape index (κ1) is 11.2. The fraction of sp³-hybridized carbons (Fsp3) is 0.333. The van der Waals surface area contributed by atoms with Crippen molar-refractivity contribution < 1.29 is 4.79 Å². The lowest BCUT2D eigenvalue weighted by molar-refractivity contribution is 0.111. The second kappa shape index (κ2) is 4.77. The Morgan fingerprint density at radius 2 is 2.28 bits per heavy atom. The highest BCUT2D eigenvalue weighted by molar-refractivity contribution is 5.69. The van der Waals surface area contributed by atoms with E-state index in [1.165, 1.54) is 30.4 Å². The summed E-state index contributed by atoms with van der Waals surface area (Å²) in [5, 5.41) is 0. The molecule has 0 saturated heterocycles. The zero-order valence-electron chi connectivity index (χ0n) is 10.2. The molecule has 0 bridgehead atoms. The Labute approximate surface area is 106 Å². The average molecular weight is 240 g/mol. The molecule has 92 valence electrons. The Morgan fingerprint density at radius 1 is 1.39 bits per heavy atom. The summed E-state index contributed by atoms with van der Waals surface area (Å²) in [5.41, 5.74) is 2.90. The first-order valence-corrected chi connectivity index (χ1v) is 6.42. The molecule has 1 unspecified atom stereocenters. The van der Waals surface area contributed by atoms with Gasteiger partial charge < -0.3 is 4.57 Å². The lowest BCUT2D eigenvalue weighted by Crippen LogP contribution is -2.16. The fourth-order valence-corrected chi connectivity index (χ4v) is 2.87. The number of aldehydes is 1. The third-order valence-corrected chi connectivity index (χ3v) is 3.76. The van der Waals surface area contributed by atoms with Gasteiger partial charge in [0.15, 0.2) is 12.1 Å². The summed E-state index contributed by atoms with van der Waals surface area (Å²) in [6.07, 6.45) is 8.01. The number of nitrogens with zero attached hydrogens (tertiary/aromatic N) is 2. The summed E-state index contributed by atoms with van der Waals surface area (Å²) in [4.78, 5) is 14.9. The molecular weight excluding hydrogens is 224 g/mol. The van der Waals surface area contributed by atoms with E-state index < -0.39 is 0 Å². The topological polar surface area (TPSA) is 34.9 Å². The van der Waals surface area contributed by atoms with Gasteiger partial charge >= 0.3 is 0 Å². The summed E-state index contributed by atoms with van der Waals surface area (Å²) in [6, 6.07) is 8.65. The van der Waals surface area contributed by atoms with Crippen LogP contribution in [0.5, 0.6) is 0 Å². The molecule has 0 spiro atoms. The first-order chi connectivity index (χ1) is 8.88. The zero-order valence-corrected chi connectivity index (χ0v) is 10.2. The highest BCUT2D eigenvalue weighted by atomic mass is 16.1. The van der Waals surface area contributed by atoms with E-state index >= 15 is 0 Å². The number of carbonyl (C=O) groups is 1. The van der Waals surface area contributed by atoms with Crippen LogP contribution in [0.4, 0.5) is 0 Å². The smallest absolute Gasteiger partial charge is 0.185 e. The summed E-state index contributed by atoms with van der Waals surface area (Å²) < 4.78 is 1.96. The molecule has 1 aliphatic carbocycles. The molecule has 1 atom stereocenters. The number of imidazole rings is 1. The molecule has 0 radical (unpaired) electrons. The third-order valence-electron chi connectivity index (χ3n) is 3.76. The van der Waals surface area contributed by atoms with E-state index in [1.54, 1.807) is 6.20 Å². The number of fused-ring (bicyclic) bond motifs is 1. The van der Waals surface area contributed by atoms with E-state index in [-0.39, 0.29) is 0 Å². The molecule has 1 aromatic carbocycles. The maximum atomic E-state index is 10.9. The number of carbonyl (C=O) groups excluding carboxylic acids is 1. The van der Waals surface area contributed by atoms with E-state index in [9.17, 15) is 4.79 Å². The maximum absolute atomic E-state index is 10.9. The van der Waals surface area contributed by atoms with E-state index in [4.69, 9.17) is 0 Å². The Kier molecular flexibility index (Phi) is 2.97. The maximum Gasteiger partial charge on any atom is 0.185 e. The number of aryl methyl sites for hydroxylation is 1. The van der Waals surface area contributed by atoms with E-state index in [0.29, 0.717) is 11.7 Å². The summed E-state index contributed by atoms with van der Waals surface area (Å²) in [6.45, 7) is 0.852. The van der Waals surface area contributed by atoms with E-state index in [0.717, 1.165) is 12.8 Å². The first-order valence-electron chi connectivity index (χ1n) is 6.42. The van der Waals surface area contributed by atoms with Gasteiger partial charge in [-0.25, -0.2) is 4.98 Å². The fourth-order valence-electron chi connectivity index (χ4n) is 2.87. The Hall–Kier alpha value is -1.90. The normalized spacial score (nSPS) is 18.3. The van der Waals surface area contributed by atoms with Crippen molar-refractivity contribution in [1.29, 1.82) is 0 Å².